The summed E-state index contributed by atoms with van der Waals surface area (Å²) in [6.45, 7) is 5.52. The van der Waals surface area contributed by atoms with Gasteiger partial charge in [0.05, 0.1) is 5.25 Å². The minimum Gasteiger partial charge on any atom is -0.315 e. The van der Waals surface area contributed by atoms with Gasteiger partial charge >= 0.3 is 0 Å². The van der Waals surface area contributed by atoms with Crippen molar-refractivity contribution in [2.45, 2.75) is 31.9 Å². The molecule has 1 aromatic heterocycles. The zero-order valence-corrected chi connectivity index (χ0v) is 12.4. The third-order valence-electron chi connectivity index (χ3n) is 2.85. The maximum absolute atomic E-state index is 12.0. The molecule has 1 aromatic rings. The Kier molecular flexibility index (Phi) is 6.97. The van der Waals surface area contributed by atoms with E-state index in [1.54, 1.807) is 19.3 Å². The van der Waals surface area contributed by atoms with E-state index in [0.717, 1.165) is 18.5 Å². The van der Waals surface area contributed by atoms with Crippen LogP contribution in [0.4, 0.5) is 0 Å². The lowest BCUT2D eigenvalue weighted by atomic mass is 10.2. The van der Waals surface area contributed by atoms with Gasteiger partial charge in [0.1, 0.15) is 0 Å². The normalized spacial score (nSPS) is 13.4. The summed E-state index contributed by atoms with van der Waals surface area (Å²) in [4.78, 5) is 3.93. The monoisotopic (exact) mass is 285 g/mol. The van der Waals surface area contributed by atoms with Crippen LogP contribution in [-0.4, -0.2) is 38.3 Å². The molecule has 1 heterocycles. The Morgan fingerprint density at radius 2 is 1.95 bits per heavy atom. The molecule has 1 atom stereocenters. The predicted octanol–water partition coefficient (Wildman–Crippen LogP) is 0.932. The quantitative estimate of drug-likeness (QED) is 0.662. The molecule has 0 spiro atoms. The van der Waals surface area contributed by atoms with Crippen molar-refractivity contribution in [1.82, 2.24) is 15.0 Å². The Morgan fingerprint density at radius 1 is 1.26 bits per heavy atom. The second-order valence-electron chi connectivity index (χ2n) is 4.56. The molecule has 1 unspecified atom stereocenters. The fourth-order valence-corrected chi connectivity index (χ4v) is 2.63. The molecule has 0 aromatic carbocycles. The van der Waals surface area contributed by atoms with E-state index in [-0.39, 0.29) is 0 Å². The minimum absolute atomic E-state index is 0.420. The molecule has 0 saturated heterocycles. The molecule has 1 rings (SSSR count). The first kappa shape index (κ1) is 16.1. The molecule has 5 nitrogen and oxygen atoms in total. The third kappa shape index (κ3) is 6.13. The van der Waals surface area contributed by atoms with Crippen LogP contribution in [-0.2, 0) is 16.4 Å². The molecule has 19 heavy (non-hydrogen) atoms. The van der Waals surface area contributed by atoms with Crippen LogP contribution in [0, 0.1) is 0 Å². The first-order chi connectivity index (χ1) is 9.06. The van der Waals surface area contributed by atoms with Gasteiger partial charge in [0.15, 0.2) is 0 Å². The highest BCUT2D eigenvalue weighted by Crippen LogP contribution is 2.00. The van der Waals surface area contributed by atoms with Gasteiger partial charge in [-0.1, -0.05) is 6.92 Å². The van der Waals surface area contributed by atoms with E-state index in [1.807, 2.05) is 12.1 Å². The van der Waals surface area contributed by atoms with Crippen molar-refractivity contribution >= 4 is 10.0 Å². The van der Waals surface area contributed by atoms with E-state index in [4.69, 9.17) is 0 Å². The maximum Gasteiger partial charge on any atom is 0.215 e. The number of hydrogen-bond acceptors (Lipinski definition) is 4. The highest BCUT2D eigenvalue weighted by atomic mass is 32.2. The molecule has 6 heteroatoms. The van der Waals surface area contributed by atoms with Gasteiger partial charge in [-0.05, 0) is 44.0 Å². The summed E-state index contributed by atoms with van der Waals surface area (Å²) in [5, 5.41) is 2.70. The molecular formula is C13H23N3O2S. The van der Waals surface area contributed by atoms with Crippen molar-refractivity contribution < 1.29 is 8.42 Å². The Labute approximate surface area is 115 Å². The topological polar surface area (TPSA) is 71.1 Å². The van der Waals surface area contributed by atoms with Gasteiger partial charge in [0, 0.05) is 25.5 Å². The molecule has 0 amide bonds. The summed E-state index contributed by atoms with van der Waals surface area (Å²) in [5.74, 6) is 0. The molecule has 0 saturated carbocycles. The van der Waals surface area contributed by atoms with Crippen LogP contribution < -0.4 is 10.0 Å². The lowest BCUT2D eigenvalue weighted by molar-refractivity contribution is 0.557. The van der Waals surface area contributed by atoms with Gasteiger partial charge < -0.3 is 5.32 Å². The summed E-state index contributed by atoms with van der Waals surface area (Å²) in [5.41, 5.74) is 1.08. The van der Waals surface area contributed by atoms with E-state index < -0.39 is 15.3 Å². The zero-order chi connectivity index (χ0) is 14.1. The summed E-state index contributed by atoms with van der Waals surface area (Å²) >= 11 is 0. The van der Waals surface area contributed by atoms with Gasteiger partial charge in [-0.2, -0.15) is 0 Å². The zero-order valence-electron chi connectivity index (χ0n) is 11.6. The Bertz CT molecular complexity index is 448. The highest BCUT2D eigenvalue weighted by Gasteiger charge is 2.19. The van der Waals surface area contributed by atoms with Crippen LogP contribution in [0.1, 0.15) is 25.8 Å². The second kappa shape index (κ2) is 8.24. The maximum atomic E-state index is 12.0. The molecule has 2 N–H and O–H groups in total. The van der Waals surface area contributed by atoms with Crippen LogP contribution in [0.3, 0.4) is 0 Å². The number of aromatic nitrogens is 1. The average molecular weight is 285 g/mol. The Balaban J connectivity index is 2.34. The largest absolute Gasteiger partial charge is 0.315 e. The van der Waals surface area contributed by atoms with E-state index in [9.17, 15) is 8.42 Å². The number of nitrogens with one attached hydrogen (secondary N) is 2. The van der Waals surface area contributed by atoms with Crippen molar-refractivity contribution in [2.75, 3.05) is 19.6 Å². The number of nitrogens with zero attached hydrogens (tertiary/aromatic N) is 1. The van der Waals surface area contributed by atoms with Crippen molar-refractivity contribution in [3.63, 3.8) is 0 Å². The number of rotatable bonds is 9. The van der Waals surface area contributed by atoms with Crippen LogP contribution in [0.2, 0.25) is 0 Å². The standard InChI is InChI=1S/C13H23N3O2S/c1-3-7-15-11-12(2)19(17,18)16-10-6-13-4-8-14-9-5-13/h4-5,8-9,12,15-16H,3,6-7,10-11H2,1-2H3. The minimum atomic E-state index is -3.24. The van der Waals surface area contributed by atoms with E-state index >= 15 is 0 Å². The fourth-order valence-electron chi connectivity index (χ4n) is 1.62. The molecule has 0 radical (unpaired) electrons. The smallest absolute Gasteiger partial charge is 0.215 e. The molecule has 0 aliphatic rings. The van der Waals surface area contributed by atoms with E-state index in [1.165, 1.54) is 0 Å². The van der Waals surface area contributed by atoms with E-state index in [0.29, 0.717) is 19.5 Å². The van der Waals surface area contributed by atoms with Crippen molar-refractivity contribution in [3.05, 3.63) is 30.1 Å². The number of sulfonamides is 1. The first-order valence-electron chi connectivity index (χ1n) is 6.64. The Morgan fingerprint density at radius 3 is 2.58 bits per heavy atom. The highest BCUT2D eigenvalue weighted by molar-refractivity contribution is 7.90. The summed E-state index contributed by atoms with van der Waals surface area (Å²) in [6.07, 6.45) is 5.10. The van der Waals surface area contributed by atoms with Crippen LogP contribution in [0.25, 0.3) is 0 Å². The average Bonchev–Trinajstić information content (AvgIpc) is 2.40. The lowest BCUT2D eigenvalue weighted by Gasteiger charge is -2.14. The van der Waals surface area contributed by atoms with Gasteiger partial charge in [0.2, 0.25) is 10.0 Å². The van der Waals surface area contributed by atoms with Crippen LogP contribution in [0.15, 0.2) is 24.5 Å². The summed E-state index contributed by atoms with van der Waals surface area (Å²) in [6, 6.07) is 3.78. The van der Waals surface area contributed by atoms with Crippen molar-refractivity contribution in [2.24, 2.45) is 0 Å². The predicted molar refractivity (Wildman–Crippen MR) is 77.5 cm³/mol. The Hall–Kier alpha value is -0.980. The summed E-state index contributed by atoms with van der Waals surface area (Å²) in [7, 11) is -3.24. The molecule has 0 bridgehead atoms. The molecule has 0 fully saturated rings. The second-order valence-corrected chi connectivity index (χ2v) is 6.74. The van der Waals surface area contributed by atoms with Gasteiger partial charge in [-0.3, -0.25) is 4.98 Å². The molecule has 0 aliphatic heterocycles. The number of pyridine rings is 1. The SMILES string of the molecule is CCCNCC(C)S(=O)(=O)NCCc1ccncc1. The van der Waals surface area contributed by atoms with E-state index in [2.05, 4.69) is 21.9 Å². The van der Waals surface area contributed by atoms with Gasteiger partial charge in [-0.15, -0.1) is 0 Å². The van der Waals surface area contributed by atoms with Gasteiger partial charge in [-0.25, -0.2) is 13.1 Å². The number of hydrogen-bond donors (Lipinski definition) is 2. The first-order valence-corrected chi connectivity index (χ1v) is 8.19. The summed E-state index contributed by atoms with van der Waals surface area (Å²) < 4.78 is 26.5. The van der Waals surface area contributed by atoms with Crippen LogP contribution >= 0.6 is 0 Å². The molecule has 0 aliphatic carbocycles. The van der Waals surface area contributed by atoms with Crippen molar-refractivity contribution in [3.8, 4) is 0 Å². The fraction of sp³-hybridized carbons (Fsp3) is 0.615. The third-order valence-corrected chi connectivity index (χ3v) is 4.69. The molecular weight excluding hydrogens is 262 g/mol. The van der Waals surface area contributed by atoms with Crippen molar-refractivity contribution in [1.29, 1.82) is 0 Å². The lowest BCUT2D eigenvalue weighted by Crippen LogP contribution is -2.39. The van der Waals surface area contributed by atoms with Crippen LogP contribution in [0.5, 0.6) is 0 Å². The van der Waals surface area contributed by atoms with Gasteiger partial charge in [0.25, 0.3) is 0 Å². The molecule has 108 valence electrons.